The Bertz CT molecular complexity index is 627. The summed E-state index contributed by atoms with van der Waals surface area (Å²) in [5.74, 6) is 1.04. The molecule has 146 valence electrons. The number of ether oxygens (including phenoxy) is 2. The van der Waals surface area contributed by atoms with E-state index in [0.29, 0.717) is 31.0 Å². The van der Waals surface area contributed by atoms with E-state index >= 15 is 0 Å². The highest BCUT2D eigenvalue weighted by Crippen LogP contribution is 2.33. The lowest BCUT2D eigenvalue weighted by molar-refractivity contribution is -0.157. The van der Waals surface area contributed by atoms with Crippen LogP contribution in [-0.4, -0.2) is 55.4 Å². The zero-order chi connectivity index (χ0) is 19.4. The Morgan fingerprint density at radius 1 is 1.27 bits per heavy atom. The minimum absolute atomic E-state index is 0.0989. The molecule has 0 aliphatic carbocycles. The van der Waals surface area contributed by atoms with Crippen molar-refractivity contribution in [3.05, 3.63) is 23.8 Å². The molecule has 2 rings (SSSR count). The Morgan fingerprint density at radius 3 is 2.62 bits per heavy atom. The second-order valence-corrected chi connectivity index (χ2v) is 8.18. The number of piperidine rings is 1. The van der Waals surface area contributed by atoms with Gasteiger partial charge in [-0.3, -0.25) is 4.79 Å². The van der Waals surface area contributed by atoms with E-state index < -0.39 is 5.60 Å². The van der Waals surface area contributed by atoms with Crippen molar-refractivity contribution in [2.45, 2.75) is 45.8 Å². The number of methoxy groups -OCH3 is 2. The average Bonchev–Trinajstić information content (AvgIpc) is 2.57. The number of rotatable bonds is 7. The molecule has 0 radical (unpaired) electrons. The van der Waals surface area contributed by atoms with Gasteiger partial charge in [0.1, 0.15) is 0 Å². The molecule has 0 bridgehead atoms. The van der Waals surface area contributed by atoms with Crippen molar-refractivity contribution in [3.8, 4) is 11.5 Å². The molecular weight excluding hydrogens is 332 g/mol. The van der Waals surface area contributed by atoms with Crippen LogP contribution in [0, 0.1) is 5.41 Å². The molecule has 1 fully saturated rings. The second kappa shape index (κ2) is 8.27. The van der Waals surface area contributed by atoms with Crippen LogP contribution in [0.3, 0.4) is 0 Å². The van der Waals surface area contributed by atoms with Crippen molar-refractivity contribution in [2.24, 2.45) is 5.41 Å². The zero-order valence-corrected chi connectivity index (χ0v) is 16.6. The molecule has 1 atom stereocenters. The van der Waals surface area contributed by atoms with Crippen molar-refractivity contribution in [2.75, 3.05) is 33.9 Å². The van der Waals surface area contributed by atoms with Gasteiger partial charge < -0.3 is 24.8 Å². The maximum absolute atomic E-state index is 12.9. The second-order valence-electron chi connectivity index (χ2n) is 8.18. The van der Waals surface area contributed by atoms with Crippen LogP contribution in [0.15, 0.2) is 18.2 Å². The molecule has 0 spiro atoms. The summed E-state index contributed by atoms with van der Waals surface area (Å²) in [7, 11) is 3.18. The largest absolute Gasteiger partial charge is 0.493 e. The zero-order valence-electron chi connectivity index (χ0n) is 16.6. The lowest BCUT2D eigenvalue weighted by Crippen LogP contribution is -2.58. The van der Waals surface area contributed by atoms with Gasteiger partial charge in [-0.15, -0.1) is 0 Å². The summed E-state index contributed by atoms with van der Waals surface area (Å²) in [4.78, 5) is 14.6. The first-order valence-electron chi connectivity index (χ1n) is 9.12. The summed E-state index contributed by atoms with van der Waals surface area (Å²) >= 11 is 0. The first kappa shape index (κ1) is 20.5. The van der Waals surface area contributed by atoms with Gasteiger partial charge in [0.15, 0.2) is 17.1 Å². The number of carbonyl (C=O) groups excluding carboxylic acids is 1. The number of nitrogens with one attached hydrogen (secondary N) is 1. The van der Waals surface area contributed by atoms with Gasteiger partial charge in [0, 0.05) is 31.7 Å². The molecule has 2 N–H and O–H groups in total. The molecule has 1 saturated heterocycles. The number of nitrogens with zero attached hydrogens (tertiary/aromatic N) is 1. The van der Waals surface area contributed by atoms with Crippen LogP contribution < -0.4 is 14.8 Å². The molecule has 0 aromatic heterocycles. The Kier molecular flexibility index (Phi) is 6.53. The Balaban J connectivity index is 2.10. The first-order chi connectivity index (χ1) is 12.2. The minimum Gasteiger partial charge on any atom is -0.493 e. The lowest BCUT2D eigenvalue weighted by atomic mass is 9.90. The average molecular weight is 364 g/mol. The molecule has 1 aromatic carbocycles. The number of carbonyl (C=O) groups is 1. The highest BCUT2D eigenvalue weighted by atomic mass is 16.5. The van der Waals surface area contributed by atoms with Crippen LogP contribution in [0.5, 0.6) is 11.5 Å². The minimum atomic E-state index is -1.35. The van der Waals surface area contributed by atoms with Crippen molar-refractivity contribution < 1.29 is 19.4 Å². The molecule has 6 nitrogen and oxygen atoms in total. The standard InChI is InChI=1S/C20H32N2O4/c1-19(2,3)13-21-14-20(24)10-7-11-22(18(20)23)12-15-8-6-9-16(25-4)17(15)26-5/h6,8-9,21,24H,7,10-14H2,1-5H3/t20-/m0/s1. The fourth-order valence-electron chi connectivity index (χ4n) is 3.31. The summed E-state index contributed by atoms with van der Waals surface area (Å²) < 4.78 is 10.8. The van der Waals surface area contributed by atoms with Gasteiger partial charge in [0.2, 0.25) is 0 Å². The molecule has 0 saturated carbocycles. The number of amides is 1. The van der Waals surface area contributed by atoms with Crippen LogP contribution in [0.1, 0.15) is 39.2 Å². The van der Waals surface area contributed by atoms with Crippen molar-refractivity contribution >= 4 is 5.91 Å². The number of hydrogen-bond acceptors (Lipinski definition) is 5. The van der Waals surface area contributed by atoms with Crippen molar-refractivity contribution in [1.82, 2.24) is 10.2 Å². The summed E-state index contributed by atoms with van der Waals surface area (Å²) in [5, 5.41) is 14.2. The molecule has 0 unspecified atom stereocenters. The highest BCUT2D eigenvalue weighted by Gasteiger charge is 2.42. The highest BCUT2D eigenvalue weighted by molar-refractivity contribution is 5.86. The van der Waals surface area contributed by atoms with E-state index in [0.717, 1.165) is 18.5 Å². The Morgan fingerprint density at radius 2 is 2.00 bits per heavy atom. The monoisotopic (exact) mass is 364 g/mol. The third-order valence-corrected chi connectivity index (χ3v) is 4.62. The van der Waals surface area contributed by atoms with E-state index in [1.165, 1.54) is 0 Å². The van der Waals surface area contributed by atoms with E-state index in [9.17, 15) is 9.90 Å². The lowest BCUT2D eigenvalue weighted by Gasteiger charge is -2.39. The van der Waals surface area contributed by atoms with Gasteiger partial charge in [0.05, 0.1) is 14.2 Å². The van der Waals surface area contributed by atoms with Gasteiger partial charge >= 0.3 is 0 Å². The van der Waals surface area contributed by atoms with E-state index in [1.54, 1.807) is 19.1 Å². The normalized spacial score (nSPS) is 21.0. The predicted octanol–water partition coefficient (Wildman–Crippen LogP) is 2.19. The predicted molar refractivity (Wildman–Crippen MR) is 101 cm³/mol. The van der Waals surface area contributed by atoms with E-state index in [1.807, 2.05) is 18.2 Å². The molecule has 1 aromatic rings. The van der Waals surface area contributed by atoms with Gasteiger partial charge in [-0.1, -0.05) is 32.9 Å². The number of hydrogen-bond donors (Lipinski definition) is 2. The fourth-order valence-corrected chi connectivity index (χ4v) is 3.31. The van der Waals surface area contributed by atoms with Crippen molar-refractivity contribution in [1.29, 1.82) is 0 Å². The first-order valence-corrected chi connectivity index (χ1v) is 9.12. The van der Waals surface area contributed by atoms with Gasteiger partial charge in [-0.05, 0) is 24.3 Å². The third kappa shape index (κ3) is 4.89. The van der Waals surface area contributed by atoms with Crippen LogP contribution in [0.4, 0.5) is 0 Å². The summed E-state index contributed by atoms with van der Waals surface area (Å²) in [5.41, 5.74) is -0.385. The van der Waals surface area contributed by atoms with Gasteiger partial charge in [-0.2, -0.15) is 0 Å². The molecule has 1 aliphatic rings. The SMILES string of the molecule is COc1cccc(CN2CCC[C@](O)(CNCC(C)(C)C)C2=O)c1OC. The van der Waals surface area contributed by atoms with E-state index in [-0.39, 0.29) is 17.9 Å². The van der Waals surface area contributed by atoms with Crippen LogP contribution in [0.2, 0.25) is 0 Å². The number of aliphatic hydroxyl groups is 1. The van der Waals surface area contributed by atoms with Crippen LogP contribution >= 0.6 is 0 Å². The summed E-state index contributed by atoms with van der Waals surface area (Å²) in [6.07, 6.45) is 1.25. The van der Waals surface area contributed by atoms with Crippen molar-refractivity contribution in [3.63, 3.8) is 0 Å². The maximum atomic E-state index is 12.9. The van der Waals surface area contributed by atoms with Gasteiger partial charge in [-0.25, -0.2) is 0 Å². The quantitative estimate of drug-likeness (QED) is 0.776. The van der Waals surface area contributed by atoms with Crippen LogP contribution in [0.25, 0.3) is 0 Å². The maximum Gasteiger partial charge on any atom is 0.256 e. The summed E-state index contributed by atoms with van der Waals surface area (Å²) in [6.45, 7) is 8.39. The van der Waals surface area contributed by atoms with E-state index in [4.69, 9.17) is 9.47 Å². The smallest absolute Gasteiger partial charge is 0.256 e. The molecule has 1 heterocycles. The third-order valence-electron chi connectivity index (χ3n) is 4.62. The Hall–Kier alpha value is -1.79. The van der Waals surface area contributed by atoms with Crippen LogP contribution in [-0.2, 0) is 11.3 Å². The molecular formula is C20H32N2O4. The van der Waals surface area contributed by atoms with Gasteiger partial charge in [0.25, 0.3) is 5.91 Å². The molecule has 1 amide bonds. The number of benzene rings is 1. The number of para-hydroxylation sites is 1. The van der Waals surface area contributed by atoms with E-state index in [2.05, 4.69) is 26.1 Å². The fraction of sp³-hybridized carbons (Fsp3) is 0.650. The molecule has 1 aliphatic heterocycles. The molecule has 26 heavy (non-hydrogen) atoms. The summed E-state index contributed by atoms with van der Waals surface area (Å²) in [6, 6.07) is 5.62. The topological polar surface area (TPSA) is 71.0 Å². The molecule has 6 heteroatoms. The number of likely N-dealkylation sites (tertiary alicyclic amines) is 1. The Labute approximate surface area is 156 Å².